The average molecular weight is 286 g/mol. The Kier molecular flexibility index (Phi) is 5.37. The molecule has 0 amide bonds. The van der Waals surface area contributed by atoms with Crippen LogP contribution >= 0.6 is 0 Å². The molecule has 0 radical (unpaired) electrons. The summed E-state index contributed by atoms with van der Waals surface area (Å²) < 4.78 is 5.66. The lowest BCUT2D eigenvalue weighted by Gasteiger charge is -2.36. The Labute approximate surface area is 120 Å². The van der Waals surface area contributed by atoms with Gasteiger partial charge in [-0.15, -0.1) is 0 Å². The van der Waals surface area contributed by atoms with E-state index in [0.717, 1.165) is 26.2 Å². The molecule has 2 rings (SSSR count). The van der Waals surface area contributed by atoms with Gasteiger partial charge in [0.25, 0.3) is 0 Å². The van der Waals surface area contributed by atoms with E-state index in [1.165, 1.54) is 0 Å². The van der Waals surface area contributed by atoms with E-state index in [9.17, 15) is 9.90 Å². The van der Waals surface area contributed by atoms with Crippen LogP contribution in [0.5, 0.6) is 0 Å². The van der Waals surface area contributed by atoms with Crippen molar-refractivity contribution in [2.24, 2.45) is 5.92 Å². The zero-order valence-corrected chi connectivity index (χ0v) is 12.2. The molecular formula is C14H26N2O4. The van der Waals surface area contributed by atoms with Gasteiger partial charge in [-0.1, -0.05) is 0 Å². The van der Waals surface area contributed by atoms with Crippen LogP contribution in [0.15, 0.2) is 0 Å². The molecular weight excluding hydrogens is 260 g/mol. The average Bonchev–Trinajstić information content (AvgIpc) is 2.39. The van der Waals surface area contributed by atoms with Gasteiger partial charge in [-0.2, -0.15) is 0 Å². The Morgan fingerprint density at radius 3 is 2.75 bits per heavy atom. The molecule has 3 N–H and O–H groups in total. The summed E-state index contributed by atoms with van der Waals surface area (Å²) >= 11 is 0. The fraction of sp³-hybridized carbons (Fsp3) is 0.929. The molecule has 6 heteroatoms. The van der Waals surface area contributed by atoms with Crippen molar-refractivity contribution in [3.05, 3.63) is 0 Å². The Morgan fingerprint density at radius 2 is 2.15 bits per heavy atom. The number of hydrogen-bond donors (Lipinski definition) is 3. The predicted molar refractivity (Wildman–Crippen MR) is 74.7 cm³/mol. The van der Waals surface area contributed by atoms with Crippen molar-refractivity contribution in [2.75, 3.05) is 39.8 Å². The van der Waals surface area contributed by atoms with Gasteiger partial charge in [-0.3, -0.25) is 4.79 Å². The van der Waals surface area contributed by atoms with Crippen LogP contribution in [-0.2, 0) is 9.53 Å². The quantitative estimate of drug-likeness (QED) is 0.655. The predicted octanol–water partition coefficient (Wildman–Crippen LogP) is -0.0875. The van der Waals surface area contributed by atoms with Crippen molar-refractivity contribution in [3.63, 3.8) is 0 Å². The highest BCUT2D eigenvalue weighted by molar-refractivity contribution is 5.70. The molecule has 1 aliphatic carbocycles. The fourth-order valence-corrected chi connectivity index (χ4v) is 3.04. The van der Waals surface area contributed by atoms with Crippen LogP contribution in [0.3, 0.4) is 0 Å². The van der Waals surface area contributed by atoms with Gasteiger partial charge in [-0.25, -0.2) is 0 Å². The van der Waals surface area contributed by atoms with Gasteiger partial charge in [0.2, 0.25) is 0 Å². The molecule has 0 aromatic rings. The van der Waals surface area contributed by atoms with Gasteiger partial charge in [0.05, 0.1) is 24.2 Å². The number of aliphatic carboxylic acids is 1. The highest BCUT2D eigenvalue weighted by Gasteiger charge is 2.35. The molecule has 0 spiro atoms. The van der Waals surface area contributed by atoms with E-state index in [0.29, 0.717) is 32.2 Å². The maximum Gasteiger partial charge on any atom is 0.306 e. The first-order valence-electron chi connectivity index (χ1n) is 7.44. The van der Waals surface area contributed by atoms with Gasteiger partial charge in [0.1, 0.15) is 0 Å². The Hall–Kier alpha value is -0.690. The van der Waals surface area contributed by atoms with Crippen LogP contribution in [0.2, 0.25) is 0 Å². The summed E-state index contributed by atoms with van der Waals surface area (Å²) in [6, 6.07) is 0. The molecule has 2 aliphatic rings. The summed E-state index contributed by atoms with van der Waals surface area (Å²) in [6.07, 6.45) is 2.42. The van der Waals surface area contributed by atoms with Gasteiger partial charge >= 0.3 is 5.97 Å². The van der Waals surface area contributed by atoms with E-state index in [1.54, 1.807) is 0 Å². The second kappa shape index (κ2) is 6.85. The maximum atomic E-state index is 10.9. The number of nitrogens with one attached hydrogen (secondary N) is 1. The zero-order chi connectivity index (χ0) is 14.6. The summed E-state index contributed by atoms with van der Waals surface area (Å²) in [5.41, 5.74) is -0.757. The molecule has 1 atom stereocenters. The summed E-state index contributed by atoms with van der Waals surface area (Å²) in [6.45, 7) is 3.88. The Bertz CT molecular complexity index is 329. The molecule has 1 unspecified atom stereocenters. The zero-order valence-electron chi connectivity index (χ0n) is 12.2. The van der Waals surface area contributed by atoms with Crippen LogP contribution in [0, 0.1) is 5.92 Å². The molecule has 2 fully saturated rings. The molecule has 20 heavy (non-hydrogen) atoms. The molecule has 0 bridgehead atoms. The van der Waals surface area contributed by atoms with E-state index < -0.39 is 11.6 Å². The summed E-state index contributed by atoms with van der Waals surface area (Å²) in [5.74, 6) is -1.02. The molecule has 1 heterocycles. The fourth-order valence-electron chi connectivity index (χ4n) is 3.04. The summed E-state index contributed by atoms with van der Waals surface area (Å²) in [4.78, 5) is 13.1. The van der Waals surface area contributed by atoms with E-state index in [4.69, 9.17) is 9.84 Å². The number of carboxylic acids is 1. The number of nitrogens with zero attached hydrogens (tertiary/aromatic N) is 1. The molecule has 1 saturated heterocycles. The lowest BCUT2D eigenvalue weighted by atomic mass is 9.79. The standard InChI is InChI=1S/C14H26N2O4/c1-16-6-7-20-12(9-16)8-15-10-14(19)4-2-11(3-5-14)13(17)18/h11-12,15,19H,2-10H2,1H3,(H,17,18). The first-order valence-corrected chi connectivity index (χ1v) is 7.44. The van der Waals surface area contributed by atoms with E-state index in [2.05, 4.69) is 17.3 Å². The second-order valence-corrected chi connectivity index (χ2v) is 6.22. The smallest absolute Gasteiger partial charge is 0.306 e. The minimum atomic E-state index is -0.757. The van der Waals surface area contributed by atoms with Gasteiger partial charge < -0.3 is 25.2 Å². The van der Waals surface area contributed by atoms with Gasteiger partial charge in [0, 0.05) is 26.2 Å². The van der Waals surface area contributed by atoms with Crippen molar-refractivity contribution in [1.29, 1.82) is 0 Å². The number of aliphatic hydroxyl groups is 1. The summed E-state index contributed by atoms with van der Waals surface area (Å²) in [7, 11) is 2.08. The normalized spacial score (nSPS) is 35.9. The first-order chi connectivity index (χ1) is 9.48. The van der Waals surface area contributed by atoms with Crippen molar-refractivity contribution in [1.82, 2.24) is 10.2 Å². The maximum absolute atomic E-state index is 10.9. The van der Waals surface area contributed by atoms with Crippen LogP contribution in [0.1, 0.15) is 25.7 Å². The highest BCUT2D eigenvalue weighted by Crippen LogP contribution is 2.31. The molecule has 6 nitrogen and oxygen atoms in total. The number of likely N-dealkylation sites (N-methyl/N-ethyl adjacent to an activating group) is 1. The molecule has 0 aromatic heterocycles. The van der Waals surface area contributed by atoms with Crippen molar-refractivity contribution < 1.29 is 19.7 Å². The van der Waals surface area contributed by atoms with Crippen LogP contribution < -0.4 is 5.32 Å². The van der Waals surface area contributed by atoms with Crippen LogP contribution in [0.25, 0.3) is 0 Å². The van der Waals surface area contributed by atoms with E-state index in [1.807, 2.05) is 0 Å². The second-order valence-electron chi connectivity index (χ2n) is 6.22. The molecule has 1 saturated carbocycles. The van der Waals surface area contributed by atoms with Gasteiger partial charge in [0.15, 0.2) is 0 Å². The van der Waals surface area contributed by atoms with Crippen LogP contribution in [0.4, 0.5) is 0 Å². The summed E-state index contributed by atoms with van der Waals surface area (Å²) in [5, 5.41) is 22.7. The Morgan fingerprint density at radius 1 is 1.45 bits per heavy atom. The number of carbonyl (C=O) groups is 1. The SMILES string of the molecule is CN1CCOC(CNCC2(O)CCC(C(=O)O)CC2)C1. The van der Waals surface area contributed by atoms with Gasteiger partial charge in [-0.05, 0) is 32.7 Å². The van der Waals surface area contributed by atoms with E-state index >= 15 is 0 Å². The minimum absolute atomic E-state index is 0.174. The molecule has 1 aliphatic heterocycles. The number of morpholine rings is 1. The number of carboxylic acid groups (broad SMARTS) is 1. The first kappa shape index (κ1) is 15.7. The number of hydrogen-bond acceptors (Lipinski definition) is 5. The van der Waals surface area contributed by atoms with Crippen LogP contribution in [-0.4, -0.2) is 72.6 Å². The minimum Gasteiger partial charge on any atom is -0.481 e. The lowest BCUT2D eigenvalue weighted by molar-refractivity contribution is -0.144. The van der Waals surface area contributed by atoms with E-state index in [-0.39, 0.29) is 12.0 Å². The third kappa shape index (κ3) is 4.41. The number of rotatable bonds is 5. The van der Waals surface area contributed by atoms with Crippen molar-refractivity contribution in [2.45, 2.75) is 37.4 Å². The molecule has 116 valence electrons. The topological polar surface area (TPSA) is 82.0 Å². The van der Waals surface area contributed by atoms with Crippen molar-refractivity contribution in [3.8, 4) is 0 Å². The Balaban J connectivity index is 1.67. The largest absolute Gasteiger partial charge is 0.481 e. The third-order valence-electron chi connectivity index (χ3n) is 4.43. The highest BCUT2D eigenvalue weighted by atomic mass is 16.5. The monoisotopic (exact) mass is 286 g/mol. The number of ether oxygens (including phenoxy) is 1. The van der Waals surface area contributed by atoms with Crippen molar-refractivity contribution >= 4 is 5.97 Å². The molecule has 0 aromatic carbocycles. The third-order valence-corrected chi connectivity index (χ3v) is 4.43. The lowest BCUT2D eigenvalue weighted by Crippen LogP contribution is -2.49.